The minimum atomic E-state index is -0.861. The summed E-state index contributed by atoms with van der Waals surface area (Å²) in [6.45, 7) is 0. The van der Waals surface area contributed by atoms with Gasteiger partial charge < -0.3 is 14.9 Å². The van der Waals surface area contributed by atoms with Crippen molar-refractivity contribution < 1.29 is 19.2 Å². The normalized spacial score (nSPS) is 24.2. The maximum atomic E-state index is 11.6. The topological polar surface area (TPSA) is 92.4 Å². The maximum Gasteiger partial charge on any atom is 0.308 e. The maximum absolute atomic E-state index is 11.6. The summed E-state index contributed by atoms with van der Waals surface area (Å²) in [6.07, 6.45) is 3.49. The summed E-state index contributed by atoms with van der Waals surface area (Å²) in [7, 11) is 0. The minimum Gasteiger partial charge on any atom is -0.481 e. The molecule has 6 nitrogen and oxygen atoms in total. The number of hydrogen-bond acceptors (Lipinski definition) is 4. The number of carbonyl (C=O) groups excluding carboxylic acids is 1. The molecule has 2 rings (SSSR count). The summed E-state index contributed by atoms with van der Waals surface area (Å²) in [4.78, 5) is 22.5. The van der Waals surface area contributed by atoms with Gasteiger partial charge in [0.2, 0.25) is 5.76 Å². The zero-order valence-electron chi connectivity index (χ0n) is 8.55. The Kier molecular flexibility index (Phi) is 2.89. The lowest BCUT2D eigenvalue weighted by Gasteiger charge is -2.16. The summed E-state index contributed by atoms with van der Waals surface area (Å²) in [5.74, 6) is -1.65. The second-order valence-corrected chi connectivity index (χ2v) is 3.83. The molecule has 2 atom stereocenters. The lowest BCUT2D eigenvalue weighted by molar-refractivity contribution is -0.142. The van der Waals surface area contributed by atoms with E-state index in [1.54, 1.807) is 0 Å². The SMILES string of the molecule is O=C(NC1CCCC1C(=O)O)c1ccno1. The Morgan fingerprint density at radius 3 is 2.94 bits per heavy atom. The van der Waals surface area contributed by atoms with Gasteiger partial charge >= 0.3 is 5.97 Å². The van der Waals surface area contributed by atoms with Crippen LogP contribution in [0.5, 0.6) is 0 Å². The number of carbonyl (C=O) groups is 2. The standard InChI is InChI=1S/C10H12N2O4/c13-9(8-4-5-11-16-8)12-7-3-1-2-6(7)10(14)15/h4-7H,1-3H2,(H,12,13)(H,14,15). The van der Waals surface area contributed by atoms with Gasteiger partial charge in [-0.1, -0.05) is 11.6 Å². The molecule has 1 aromatic heterocycles. The van der Waals surface area contributed by atoms with Gasteiger partial charge in [-0.05, 0) is 12.8 Å². The number of aliphatic carboxylic acids is 1. The second-order valence-electron chi connectivity index (χ2n) is 3.83. The Labute approximate surface area is 91.6 Å². The van der Waals surface area contributed by atoms with Crippen LogP contribution in [0.3, 0.4) is 0 Å². The fourth-order valence-corrected chi connectivity index (χ4v) is 2.00. The number of carboxylic acid groups (broad SMARTS) is 1. The number of rotatable bonds is 3. The average Bonchev–Trinajstić information content (AvgIpc) is 2.86. The lowest BCUT2D eigenvalue weighted by Crippen LogP contribution is -2.40. The van der Waals surface area contributed by atoms with Crippen LogP contribution < -0.4 is 5.32 Å². The molecule has 0 bridgehead atoms. The first kappa shape index (κ1) is 10.7. The van der Waals surface area contributed by atoms with E-state index in [9.17, 15) is 9.59 Å². The molecule has 1 heterocycles. The Hall–Kier alpha value is -1.85. The number of nitrogens with zero attached hydrogens (tertiary/aromatic N) is 1. The van der Waals surface area contributed by atoms with Gasteiger partial charge in [0.15, 0.2) is 0 Å². The largest absolute Gasteiger partial charge is 0.481 e. The van der Waals surface area contributed by atoms with Gasteiger partial charge in [-0.3, -0.25) is 9.59 Å². The molecule has 1 amide bonds. The number of carboxylic acids is 1. The molecule has 16 heavy (non-hydrogen) atoms. The van der Waals surface area contributed by atoms with Crippen molar-refractivity contribution in [3.63, 3.8) is 0 Å². The number of aromatic nitrogens is 1. The van der Waals surface area contributed by atoms with E-state index in [1.807, 2.05) is 0 Å². The van der Waals surface area contributed by atoms with Gasteiger partial charge in [-0.25, -0.2) is 0 Å². The monoisotopic (exact) mass is 224 g/mol. The predicted molar refractivity (Wildman–Crippen MR) is 52.7 cm³/mol. The summed E-state index contributed by atoms with van der Waals surface area (Å²) in [5, 5.41) is 15.0. The van der Waals surface area contributed by atoms with Crippen LogP contribution in [-0.2, 0) is 4.79 Å². The molecule has 0 aromatic carbocycles. The van der Waals surface area contributed by atoms with E-state index in [1.165, 1.54) is 12.3 Å². The molecule has 0 aliphatic heterocycles. The Morgan fingerprint density at radius 1 is 1.50 bits per heavy atom. The summed E-state index contributed by atoms with van der Waals surface area (Å²) in [6, 6.07) is 1.13. The molecule has 1 fully saturated rings. The highest BCUT2D eigenvalue weighted by Crippen LogP contribution is 2.26. The fourth-order valence-electron chi connectivity index (χ4n) is 2.00. The zero-order chi connectivity index (χ0) is 11.5. The third-order valence-corrected chi connectivity index (χ3v) is 2.81. The lowest BCUT2D eigenvalue weighted by atomic mass is 10.0. The molecule has 1 aliphatic carbocycles. The molecular formula is C10H12N2O4. The van der Waals surface area contributed by atoms with Gasteiger partial charge in [0.1, 0.15) is 0 Å². The van der Waals surface area contributed by atoms with Crippen molar-refractivity contribution in [3.05, 3.63) is 18.0 Å². The van der Waals surface area contributed by atoms with E-state index in [2.05, 4.69) is 10.5 Å². The minimum absolute atomic E-state index is 0.107. The molecule has 2 N–H and O–H groups in total. The second kappa shape index (κ2) is 4.34. The summed E-state index contributed by atoms with van der Waals surface area (Å²) in [5.41, 5.74) is 0. The van der Waals surface area contributed by atoms with Crippen LogP contribution in [-0.4, -0.2) is 28.2 Å². The number of hydrogen-bond donors (Lipinski definition) is 2. The number of amides is 1. The molecule has 6 heteroatoms. The molecule has 2 unspecified atom stereocenters. The van der Waals surface area contributed by atoms with Crippen molar-refractivity contribution in [3.8, 4) is 0 Å². The Morgan fingerprint density at radius 2 is 2.31 bits per heavy atom. The van der Waals surface area contributed by atoms with Crippen LogP contribution >= 0.6 is 0 Å². The zero-order valence-corrected chi connectivity index (χ0v) is 8.55. The average molecular weight is 224 g/mol. The van der Waals surface area contributed by atoms with Crippen molar-refractivity contribution >= 4 is 11.9 Å². The van der Waals surface area contributed by atoms with Crippen molar-refractivity contribution in [1.29, 1.82) is 0 Å². The van der Waals surface area contributed by atoms with E-state index in [4.69, 9.17) is 9.63 Å². The third-order valence-electron chi connectivity index (χ3n) is 2.81. The van der Waals surface area contributed by atoms with Gasteiger partial charge in [-0.15, -0.1) is 0 Å². The highest BCUT2D eigenvalue weighted by Gasteiger charge is 2.34. The fraction of sp³-hybridized carbons (Fsp3) is 0.500. The number of nitrogens with one attached hydrogen (secondary N) is 1. The van der Waals surface area contributed by atoms with Gasteiger partial charge in [0.25, 0.3) is 5.91 Å². The molecule has 0 saturated heterocycles. The van der Waals surface area contributed by atoms with Crippen LogP contribution in [0.25, 0.3) is 0 Å². The van der Waals surface area contributed by atoms with E-state index in [0.717, 1.165) is 6.42 Å². The van der Waals surface area contributed by atoms with Crippen molar-refractivity contribution in [1.82, 2.24) is 10.5 Å². The predicted octanol–water partition coefficient (Wildman–Crippen LogP) is 0.658. The van der Waals surface area contributed by atoms with Gasteiger partial charge in [0, 0.05) is 12.1 Å². The molecule has 86 valence electrons. The van der Waals surface area contributed by atoms with Crippen LogP contribution in [0, 0.1) is 5.92 Å². The van der Waals surface area contributed by atoms with Crippen molar-refractivity contribution in [2.75, 3.05) is 0 Å². The highest BCUT2D eigenvalue weighted by atomic mass is 16.5. The molecule has 1 aliphatic rings. The molecule has 1 saturated carbocycles. The van der Waals surface area contributed by atoms with E-state index in [-0.39, 0.29) is 11.8 Å². The van der Waals surface area contributed by atoms with Crippen LogP contribution in [0.15, 0.2) is 16.8 Å². The first-order chi connectivity index (χ1) is 7.68. The van der Waals surface area contributed by atoms with Crippen LogP contribution in [0.4, 0.5) is 0 Å². The molecular weight excluding hydrogens is 212 g/mol. The highest BCUT2D eigenvalue weighted by molar-refractivity contribution is 5.91. The van der Waals surface area contributed by atoms with Crippen LogP contribution in [0.1, 0.15) is 29.8 Å². The van der Waals surface area contributed by atoms with E-state index in [0.29, 0.717) is 12.8 Å². The van der Waals surface area contributed by atoms with Gasteiger partial charge in [0.05, 0.1) is 12.1 Å². The first-order valence-electron chi connectivity index (χ1n) is 5.13. The smallest absolute Gasteiger partial charge is 0.308 e. The summed E-state index contributed by atoms with van der Waals surface area (Å²) >= 11 is 0. The molecule has 0 radical (unpaired) electrons. The van der Waals surface area contributed by atoms with Crippen molar-refractivity contribution in [2.24, 2.45) is 5.92 Å². The van der Waals surface area contributed by atoms with Crippen LogP contribution in [0.2, 0.25) is 0 Å². The Bertz CT molecular complexity index is 388. The summed E-state index contributed by atoms with van der Waals surface area (Å²) < 4.78 is 4.69. The third kappa shape index (κ3) is 2.05. The van der Waals surface area contributed by atoms with E-state index < -0.39 is 17.8 Å². The van der Waals surface area contributed by atoms with Gasteiger partial charge in [-0.2, -0.15) is 0 Å². The van der Waals surface area contributed by atoms with E-state index >= 15 is 0 Å². The molecule has 0 spiro atoms. The first-order valence-corrected chi connectivity index (χ1v) is 5.13. The molecule has 1 aromatic rings. The Balaban J connectivity index is 1.99. The quantitative estimate of drug-likeness (QED) is 0.786. The van der Waals surface area contributed by atoms with Crippen molar-refractivity contribution in [2.45, 2.75) is 25.3 Å².